The maximum absolute atomic E-state index is 12.8. The van der Waals surface area contributed by atoms with Crippen molar-refractivity contribution in [3.63, 3.8) is 0 Å². The molecule has 130 valence electrons. The topological polar surface area (TPSA) is 83.9 Å². The van der Waals surface area contributed by atoms with Gasteiger partial charge in [0.1, 0.15) is 17.6 Å². The van der Waals surface area contributed by atoms with Crippen molar-refractivity contribution in [3.05, 3.63) is 59.7 Å². The van der Waals surface area contributed by atoms with Crippen LogP contribution in [0.4, 0.5) is 0 Å². The number of carboxylic acid groups (broad SMARTS) is 1. The molecule has 1 amide bonds. The SMILES string of the molecule is CCCN(C(=O)c1cc(C(=O)O)co1)C(C)c1cc2ccccc2o1. The Morgan fingerprint density at radius 3 is 2.64 bits per heavy atom. The summed E-state index contributed by atoms with van der Waals surface area (Å²) in [5.74, 6) is -0.806. The van der Waals surface area contributed by atoms with Crippen LogP contribution in [-0.4, -0.2) is 28.4 Å². The first kappa shape index (κ1) is 16.8. The summed E-state index contributed by atoms with van der Waals surface area (Å²) in [5, 5.41) is 9.96. The molecule has 1 N–H and O–H groups in total. The summed E-state index contributed by atoms with van der Waals surface area (Å²) in [5.41, 5.74) is 0.718. The lowest BCUT2D eigenvalue weighted by Crippen LogP contribution is -2.34. The van der Waals surface area contributed by atoms with Gasteiger partial charge in [0.25, 0.3) is 5.91 Å². The van der Waals surface area contributed by atoms with Crippen LogP contribution in [0.15, 0.2) is 51.5 Å². The molecule has 0 saturated heterocycles. The molecule has 1 unspecified atom stereocenters. The first-order valence-electron chi connectivity index (χ1n) is 8.12. The lowest BCUT2D eigenvalue weighted by atomic mass is 10.1. The number of nitrogens with zero attached hydrogens (tertiary/aromatic N) is 1. The van der Waals surface area contributed by atoms with Gasteiger partial charge in [0, 0.05) is 18.0 Å². The monoisotopic (exact) mass is 341 g/mol. The number of benzene rings is 1. The number of hydrogen-bond donors (Lipinski definition) is 1. The highest BCUT2D eigenvalue weighted by Crippen LogP contribution is 2.28. The maximum Gasteiger partial charge on any atom is 0.338 e. The number of rotatable bonds is 6. The Morgan fingerprint density at radius 2 is 2.00 bits per heavy atom. The highest BCUT2D eigenvalue weighted by atomic mass is 16.4. The molecule has 0 radical (unpaired) electrons. The van der Waals surface area contributed by atoms with Crippen molar-refractivity contribution in [1.29, 1.82) is 0 Å². The number of fused-ring (bicyclic) bond motifs is 1. The molecule has 3 rings (SSSR count). The highest BCUT2D eigenvalue weighted by Gasteiger charge is 2.27. The van der Waals surface area contributed by atoms with E-state index in [4.69, 9.17) is 13.9 Å². The fourth-order valence-electron chi connectivity index (χ4n) is 2.78. The minimum atomic E-state index is -1.13. The molecule has 2 aromatic heterocycles. The van der Waals surface area contributed by atoms with Crippen molar-refractivity contribution >= 4 is 22.8 Å². The van der Waals surface area contributed by atoms with Crippen molar-refractivity contribution in [1.82, 2.24) is 4.90 Å². The molecule has 0 spiro atoms. The van der Waals surface area contributed by atoms with Crippen molar-refractivity contribution < 1.29 is 23.5 Å². The molecule has 2 heterocycles. The molecule has 25 heavy (non-hydrogen) atoms. The third-order valence-electron chi connectivity index (χ3n) is 4.11. The zero-order valence-corrected chi connectivity index (χ0v) is 14.1. The second-order valence-corrected chi connectivity index (χ2v) is 5.87. The second-order valence-electron chi connectivity index (χ2n) is 5.87. The predicted octanol–water partition coefficient (Wildman–Crippen LogP) is 4.34. The largest absolute Gasteiger partial charge is 0.478 e. The Hall–Kier alpha value is -3.02. The molecule has 0 saturated carbocycles. The van der Waals surface area contributed by atoms with E-state index < -0.39 is 5.97 Å². The van der Waals surface area contributed by atoms with Crippen LogP contribution in [-0.2, 0) is 0 Å². The third-order valence-corrected chi connectivity index (χ3v) is 4.11. The summed E-state index contributed by atoms with van der Waals surface area (Å²) in [7, 11) is 0. The third kappa shape index (κ3) is 3.28. The van der Waals surface area contributed by atoms with E-state index in [1.165, 1.54) is 6.07 Å². The molecule has 0 aliphatic carbocycles. The Morgan fingerprint density at radius 1 is 1.24 bits per heavy atom. The summed E-state index contributed by atoms with van der Waals surface area (Å²) in [4.78, 5) is 25.4. The fourth-order valence-corrected chi connectivity index (χ4v) is 2.78. The van der Waals surface area contributed by atoms with E-state index in [2.05, 4.69) is 0 Å². The Bertz CT molecular complexity index is 874. The number of hydrogen-bond acceptors (Lipinski definition) is 4. The van der Waals surface area contributed by atoms with Crippen LogP contribution >= 0.6 is 0 Å². The van der Waals surface area contributed by atoms with Crippen LogP contribution in [0.3, 0.4) is 0 Å². The van der Waals surface area contributed by atoms with E-state index >= 15 is 0 Å². The number of aromatic carboxylic acids is 1. The minimum absolute atomic E-state index is 0.00816. The Kier molecular flexibility index (Phi) is 4.61. The van der Waals surface area contributed by atoms with Crippen LogP contribution in [0.5, 0.6) is 0 Å². The van der Waals surface area contributed by atoms with Crippen molar-refractivity contribution in [2.24, 2.45) is 0 Å². The molecule has 0 aliphatic heterocycles. The second kappa shape index (κ2) is 6.84. The van der Waals surface area contributed by atoms with Crippen molar-refractivity contribution in [2.75, 3.05) is 6.54 Å². The first-order chi connectivity index (χ1) is 12.0. The number of carbonyl (C=O) groups excluding carboxylic acids is 1. The van der Waals surface area contributed by atoms with Crippen molar-refractivity contribution in [2.45, 2.75) is 26.3 Å². The highest BCUT2D eigenvalue weighted by molar-refractivity contribution is 5.95. The van der Waals surface area contributed by atoms with Gasteiger partial charge in [-0.15, -0.1) is 0 Å². The number of amides is 1. The Balaban J connectivity index is 1.90. The fraction of sp³-hybridized carbons (Fsp3) is 0.263. The van der Waals surface area contributed by atoms with E-state index in [0.29, 0.717) is 12.3 Å². The normalized spacial score (nSPS) is 12.2. The van der Waals surface area contributed by atoms with Crippen molar-refractivity contribution in [3.8, 4) is 0 Å². The number of carboxylic acids is 1. The molecule has 1 atom stereocenters. The maximum atomic E-state index is 12.8. The molecule has 3 aromatic rings. The summed E-state index contributed by atoms with van der Waals surface area (Å²) in [6.45, 7) is 4.35. The van der Waals surface area contributed by atoms with E-state index in [-0.39, 0.29) is 23.3 Å². The average molecular weight is 341 g/mol. The van der Waals surface area contributed by atoms with Gasteiger partial charge in [0.05, 0.1) is 11.6 Å². The molecular weight excluding hydrogens is 322 g/mol. The van der Waals surface area contributed by atoms with Crippen LogP contribution in [0.25, 0.3) is 11.0 Å². The lowest BCUT2D eigenvalue weighted by molar-refractivity contribution is 0.0638. The van der Waals surface area contributed by atoms with Gasteiger partial charge in [-0.1, -0.05) is 25.1 Å². The quantitative estimate of drug-likeness (QED) is 0.721. The van der Waals surface area contributed by atoms with E-state index in [0.717, 1.165) is 23.7 Å². The molecule has 0 aliphatic rings. The molecular formula is C19H19NO5. The molecule has 6 heteroatoms. The van der Waals surface area contributed by atoms with Gasteiger partial charge in [-0.05, 0) is 25.5 Å². The number of furan rings is 2. The predicted molar refractivity (Wildman–Crippen MR) is 91.6 cm³/mol. The van der Waals surface area contributed by atoms with Gasteiger partial charge in [-0.25, -0.2) is 4.79 Å². The molecule has 0 bridgehead atoms. The summed E-state index contributed by atoms with van der Waals surface area (Å²) >= 11 is 0. The van der Waals surface area contributed by atoms with Crippen LogP contribution in [0, 0.1) is 0 Å². The minimum Gasteiger partial charge on any atom is -0.478 e. The van der Waals surface area contributed by atoms with Gasteiger partial charge < -0.3 is 18.8 Å². The van der Waals surface area contributed by atoms with Gasteiger partial charge in [-0.3, -0.25) is 4.79 Å². The van der Waals surface area contributed by atoms with E-state index in [1.54, 1.807) is 4.90 Å². The van der Waals surface area contributed by atoms with Gasteiger partial charge in [0.15, 0.2) is 5.76 Å². The summed E-state index contributed by atoms with van der Waals surface area (Å²) in [6, 6.07) is 10.5. The lowest BCUT2D eigenvalue weighted by Gasteiger charge is -2.26. The number of para-hydroxylation sites is 1. The van der Waals surface area contributed by atoms with E-state index in [9.17, 15) is 9.59 Å². The van der Waals surface area contributed by atoms with Gasteiger partial charge >= 0.3 is 5.97 Å². The van der Waals surface area contributed by atoms with Gasteiger partial charge in [-0.2, -0.15) is 0 Å². The van der Waals surface area contributed by atoms with Crippen LogP contribution in [0.1, 0.15) is 53.0 Å². The summed E-state index contributed by atoms with van der Waals surface area (Å²) in [6.07, 6.45) is 1.83. The summed E-state index contributed by atoms with van der Waals surface area (Å²) < 4.78 is 11.0. The smallest absolute Gasteiger partial charge is 0.338 e. The average Bonchev–Trinajstić information content (AvgIpc) is 3.25. The molecule has 6 nitrogen and oxygen atoms in total. The zero-order valence-electron chi connectivity index (χ0n) is 14.1. The van der Waals surface area contributed by atoms with Crippen LogP contribution < -0.4 is 0 Å². The molecule has 0 fully saturated rings. The first-order valence-corrected chi connectivity index (χ1v) is 8.12. The zero-order chi connectivity index (χ0) is 18.0. The number of carbonyl (C=O) groups is 2. The van der Waals surface area contributed by atoms with E-state index in [1.807, 2.05) is 44.2 Å². The van der Waals surface area contributed by atoms with Gasteiger partial charge in [0.2, 0.25) is 0 Å². The Labute approximate surface area is 144 Å². The standard InChI is InChI=1S/C19H19NO5/c1-3-8-20(18(21)17-10-14(11-24-17)19(22)23)12(2)16-9-13-6-4-5-7-15(13)25-16/h4-7,9-12H,3,8H2,1-2H3,(H,22,23). The van der Waals surface area contributed by atoms with Crippen LogP contribution in [0.2, 0.25) is 0 Å². The molecule has 1 aromatic carbocycles.